The molecule has 6 heteroatoms. The lowest BCUT2D eigenvalue weighted by Crippen LogP contribution is -2.43. The van der Waals surface area contributed by atoms with Gasteiger partial charge in [-0.25, -0.2) is 4.79 Å². The summed E-state index contributed by atoms with van der Waals surface area (Å²) in [4.78, 5) is 25.7. The van der Waals surface area contributed by atoms with Gasteiger partial charge in [0.25, 0.3) is 0 Å². The van der Waals surface area contributed by atoms with Crippen molar-refractivity contribution < 1.29 is 14.0 Å². The maximum atomic E-state index is 12.1. The van der Waals surface area contributed by atoms with E-state index in [4.69, 9.17) is 4.42 Å². The van der Waals surface area contributed by atoms with Gasteiger partial charge in [0.05, 0.1) is 18.8 Å². The maximum Gasteiger partial charge on any atom is 0.315 e. The summed E-state index contributed by atoms with van der Waals surface area (Å²) in [5, 5.41) is 5.54. The summed E-state index contributed by atoms with van der Waals surface area (Å²) in [6.45, 7) is 2.81. The number of nitrogens with one attached hydrogen (secondary N) is 2. The van der Waals surface area contributed by atoms with E-state index < -0.39 is 0 Å². The van der Waals surface area contributed by atoms with Crippen molar-refractivity contribution in [1.82, 2.24) is 10.6 Å². The van der Waals surface area contributed by atoms with Crippen LogP contribution in [0.25, 0.3) is 0 Å². The van der Waals surface area contributed by atoms with E-state index in [1.807, 2.05) is 31.2 Å². The van der Waals surface area contributed by atoms with Gasteiger partial charge in [0.1, 0.15) is 5.76 Å². The number of hydrogen-bond donors (Lipinski definition) is 2. The first-order valence-electron chi connectivity index (χ1n) is 7.55. The van der Waals surface area contributed by atoms with Gasteiger partial charge in [-0.3, -0.25) is 4.79 Å². The molecule has 1 fully saturated rings. The maximum absolute atomic E-state index is 12.1. The summed E-state index contributed by atoms with van der Waals surface area (Å²) >= 11 is 0. The summed E-state index contributed by atoms with van der Waals surface area (Å²) in [6, 6.07) is 10.9. The second kappa shape index (κ2) is 6.56. The van der Waals surface area contributed by atoms with Crippen LogP contribution in [-0.2, 0) is 11.3 Å². The minimum absolute atomic E-state index is 0.0187. The van der Waals surface area contributed by atoms with Gasteiger partial charge in [0.2, 0.25) is 5.91 Å². The number of benzene rings is 1. The molecule has 1 aliphatic heterocycles. The van der Waals surface area contributed by atoms with Crippen molar-refractivity contribution in [3.63, 3.8) is 0 Å². The number of furan rings is 1. The first-order chi connectivity index (χ1) is 11.1. The highest BCUT2D eigenvalue weighted by Gasteiger charge is 2.31. The third-order valence-corrected chi connectivity index (χ3v) is 3.81. The van der Waals surface area contributed by atoms with Crippen molar-refractivity contribution in [3.8, 4) is 0 Å². The molecule has 1 saturated heterocycles. The summed E-state index contributed by atoms with van der Waals surface area (Å²) in [6.07, 6.45) is 1.87. The highest BCUT2D eigenvalue weighted by Crippen LogP contribution is 2.21. The fourth-order valence-corrected chi connectivity index (χ4v) is 2.60. The largest absolute Gasteiger partial charge is 0.467 e. The second-order valence-corrected chi connectivity index (χ2v) is 5.65. The number of urea groups is 1. The molecule has 23 heavy (non-hydrogen) atoms. The minimum atomic E-state index is -0.301. The van der Waals surface area contributed by atoms with Crippen LogP contribution in [0.3, 0.4) is 0 Å². The Bertz CT molecular complexity index is 680. The zero-order chi connectivity index (χ0) is 16.2. The molecule has 1 atom stereocenters. The fourth-order valence-electron chi connectivity index (χ4n) is 2.60. The zero-order valence-corrected chi connectivity index (χ0v) is 12.9. The topological polar surface area (TPSA) is 74.6 Å². The van der Waals surface area contributed by atoms with E-state index in [-0.39, 0.29) is 18.0 Å². The van der Waals surface area contributed by atoms with Gasteiger partial charge in [-0.05, 0) is 31.2 Å². The molecule has 0 aliphatic carbocycles. The van der Waals surface area contributed by atoms with Crippen LogP contribution in [-0.4, -0.2) is 24.5 Å². The summed E-state index contributed by atoms with van der Waals surface area (Å²) < 4.78 is 5.15. The SMILES string of the molecule is Cc1ccc(N2C[C@@H](NC(=O)NCc3ccco3)CC2=O)cc1. The highest BCUT2D eigenvalue weighted by atomic mass is 16.3. The van der Waals surface area contributed by atoms with Crippen molar-refractivity contribution in [2.24, 2.45) is 0 Å². The van der Waals surface area contributed by atoms with Crippen molar-refractivity contribution >= 4 is 17.6 Å². The third kappa shape index (κ3) is 3.71. The van der Waals surface area contributed by atoms with Gasteiger partial charge in [-0.1, -0.05) is 17.7 Å². The van der Waals surface area contributed by atoms with Gasteiger partial charge < -0.3 is 20.0 Å². The first kappa shape index (κ1) is 15.1. The molecule has 0 bridgehead atoms. The normalized spacial score (nSPS) is 17.3. The molecule has 0 saturated carbocycles. The van der Waals surface area contributed by atoms with Gasteiger partial charge >= 0.3 is 6.03 Å². The number of nitrogens with zero attached hydrogens (tertiary/aromatic N) is 1. The van der Waals surface area contributed by atoms with Gasteiger partial charge in [0, 0.05) is 18.7 Å². The molecular formula is C17H19N3O3. The Morgan fingerprint density at radius 2 is 2.09 bits per heavy atom. The lowest BCUT2D eigenvalue weighted by molar-refractivity contribution is -0.117. The van der Waals surface area contributed by atoms with Gasteiger partial charge in [0.15, 0.2) is 0 Å². The molecular weight excluding hydrogens is 294 g/mol. The van der Waals surface area contributed by atoms with E-state index in [2.05, 4.69) is 10.6 Å². The van der Waals surface area contributed by atoms with Crippen LogP contribution in [0.2, 0.25) is 0 Å². The first-order valence-corrected chi connectivity index (χ1v) is 7.55. The molecule has 1 aromatic carbocycles. The third-order valence-electron chi connectivity index (χ3n) is 3.81. The standard InChI is InChI=1S/C17H19N3O3/c1-12-4-6-14(7-5-12)20-11-13(9-16(20)21)19-17(22)18-10-15-3-2-8-23-15/h2-8,13H,9-11H2,1H3,(H2,18,19,22)/t13-/m0/s1. The predicted octanol–water partition coefficient (Wildman–Crippen LogP) is 2.19. The fraction of sp³-hybridized carbons (Fsp3) is 0.294. The molecule has 2 N–H and O–H groups in total. The number of aryl methyl sites for hydroxylation is 1. The molecule has 3 rings (SSSR count). The van der Waals surface area contributed by atoms with E-state index >= 15 is 0 Å². The Morgan fingerprint density at radius 1 is 1.30 bits per heavy atom. The molecule has 3 amide bonds. The number of rotatable bonds is 4. The molecule has 1 aromatic heterocycles. The Kier molecular flexibility index (Phi) is 4.32. The summed E-state index contributed by atoms with van der Waals surface area (Å²) in [7, 11) is 0. The predicted molar refractivity (Wildman–Crippen MR) is 86.0 cm³/mol. The lowest BCUT2D eigenvalue weighted by atomic mass is 10.2. The molecule has 0 unspecified atom stereocenters. The number of hydrogen-bond acceptors (Lipinski definition) is 3. The molecule has 2 heterocycles. The van der Waals surface area contributed by atoms with Crippen LogP contribution < -0.4 is 15.5 Å². The molecule has 1 aliphatic rings. The van der Waals surface area contributed by atoms with Crippen molar-refractivity contribution in [2.45, 2.75) is 25.9 Å². The number of amides is 3. The average molecular weight is 313 g/mol. The average Bonchev–Trinajstić information content (AvgIpc) is 3.16. The monoisotopic (exact) mass is 313 g/mol. The smallest absolute Gasteiger partial charge is 0.315 e. The van der Waals surface area contributed by atoms with Crippen LogP contribution in [0.1, 0.15) is 17.7 Å². The minimum Gasteiger partial charge on any atom is -0.467 e. The number of anilines is 1. The summed E-state index contributed by atoms with van der Waals surface area (Å²) in [5.41, 5.74) is 2.01. The highest BCUT2D eigenvalue weighted by molar-refractivity contribution is 5.96. The lowest BCUT2D eigenvalue weighted by Gasteiger charge is -2.17. The second-order valence-electron chi connectivity index (χ2n) is 5.65. The molecule has 6 nitrogen and oxygen atoms in total. The van der Waals surface area contributed by atoms with E-state index in [1.165, 1.54) is 0 Å². The number of carbonyl (C=O) groups excluding carboxylic acids is 2. The molecule has 120 valence electrons. The van der Waals surface area contributed by atoms with Crippen molar-refractivity contribution in [2.75, 3.05) is 11.4 Å². The Labute approximate surface area is 134 Å². The molecule has 0 radical (unpaired) electrons. The van der Waals surface area contributed by atoms with Gasteiger partial charge in [-0.15, -0.1) is 0 Å². The van der Waals surface area contributed by atoms with Crippen molar-refractivity contribution in [3.05, 3.63) is 54.0 Å². The van der Waals surface area contributed by atoms with Crippen LogP contribution in [0.5, 0.6) is 0 Å². The Hall–Kier alpha value is -2.76. The van der Waals surface area contributed by atoms with Crippen molar-refractivity contribution in [1.29, 1.82) is 0 Å². The van der Waals surface area contributed by atoms with Crippen LogP contribution >= 0.6 is 0 Å². The zero-order valence-electron chi connectivity index (χ0n) is 12.9. The summed E-state index contributed by atoms with van der Waals surface area (Å²) in [5.74, 6) is 0.703. The van der Waals surface area contributed by atoms with Crippen LogP contribution in [0, 0.1) is 6.92 Å². The molecule has 2 aromatic rings. The molecule has 0 spiro atoms. The van der Waals surface area contributed by atoms with E-state index in [1.54, 1.807) is 23.3 Å². The Balaban J connectivity index is 1.53. The Morgan fingerprint density at radius 3 is 2.78 bits per heavy atom. The van der Waals surface area contributed by atoms with Crippen LogP contribution in [0.15, 0.2) is 47.1 Å². The van der Waals surface area contributed by atoms with E-state index in [9.17, 15) is 9.59 Å². The quantitative estimate of drug-likeness (QED) is 0.908. The number of carbonyl (C=O) groups is 2. The van der Waals surface area contributed by atoms with Gasteiger partial charge in [-0.2, -0.15) is 0 Å². The van der Waals surface area contributed by atoms with Crippen LogP contribution in [0.4, 0.5) is 10.5 Å². The van der Waals surface area contributed by atoms with E-state index in [0.717, 1.165) is 11.3 Å². The van der Waals surface area contributed by atoms with E-state index in [0.29, 0.717) is 25.3 Å².